The number of para-hydroxylation sites is 1. The van der Waals surface area contributed by atoms with Crippen LogP contribution in [0, 0.1) is 5.82 Å². The number of fused-ring (bicyclic) bond motifs is 2. The van der Waals surface area contributed by atoms with Crippen LogP contribution in [0.5, 0.6) is 0 Å². The van der Waals surface area contributed by atoms with Gasteiger partial charge < -0.3 is 9.88 Å². The molecular formula is C29H24ClFN2. The smallest absolute Gasteiger partial charge is 0.129 e. The summed E-state index contributed by atoms with van der Waals surface area (Å²) in [6.07, 6.45) is 3.21. The molecule has 1 aliphatic heterocycles. The van der Waals surface area contributed by atoms with Crippen LogP contribution in [0.4, 0.5) is 4.39 Å². The molecule has 0 spiro atoms. The average Bonchev–Trinajstić information content (AvgIpc) is 3.44. The fourth-order valence-electron chi connectivity index (χ4n) is 5.38. The van der Waals surface area contributed by atoms with Crippen molar-refractivity contribution in [1.82, 2.24) is 9.88 Å². The van der Waals surface area contributed by atoms with Crippen molar-refractivity contribution in [2.24, 2.45) is 0 Å². The summed E-state index contributed by atoms with van der Waals surface area (Å²) in [6, 6.07) is 28.4. The molecule has 0 amide bonds. The highest BCUT2D eigenvalue weighted by Crippen LogP contribution is 2.44. The van der Waals surface area contributed by atoms with Crippen LogP contribution >= 0.6 is 11.6 Å². The molecule has 1 N–H and O–H groups in total. The van der Waals surface area contributed by atoms with Gasteiger partial charge in [0.15, 0.2) is 0 Å². The number of hydrogen-bond acceptors (Lipinski definition) is 1. The lowest BCUT2D eigenvalue weighted by Crippen LogP contribution is -2.19. The highest BCUT2D eigenvalue weighted by Gasteiger charge is 2.34. The van der Waals surface area contributed by atoms with Crippen LogP contribution in [0.25, 0.3) is 21.7 Å². The summed E-state index contributed by atoms with van der Waals surface area (Å²) in [7, 11) is 0. The summed E-state index contributed by atoms with van der Waals surface area (Å²) >= 11 is 6.46. The summed E-state index contributed by atoms with van der Waals surface area (Å²) in [5, 5.41) is 7.73. The van der Waals surface area contributed by atoms with E-state index in [2.05, 4.69) is 82.8 Å². The van der Waals surface area contributed by atoms with Gasteiger partial charge in [0.1, 0.15) is 5.82 Å². The molecule has 1 fully saturated rings. The largest absolute Gasteiger partial charge is 0.343 e. The monoisotopic (exact) mass is 454 g/mol. The minimum absolute atomic E-state index is 0.140. The topological polar surface area (TPSA) is 17.0 Å². The van der Waals surface area contributed by atoms with Gasteiger partial charge in [-0.2, -0.15) is 0 Å². The van der Waals surface area contributed by atoms with Crippen molar-refractivity contribution in [3.05, 3.63) is 119 Å². The minimum Gasteiger partial charge on any atom is -0.343 e. The fraction of sp³-hybridized carbons (Fsp3) is 0.172. The van der Waals surface area contributed by atoms with E-state index in [1.807, 2.05) is 0 Å². The first-order chi connectivity index (χ1) is 16.2. The van der Waals surface area contributed by atoms with E-state index in [4.69, 9.17) is 11.6 Å². The van der Waals surface area contributed by atoms with Crippen LogP contribution < -0.4 is 5.32 Å². The Morgan fingerprint density at radius 3 is 2.61 bits per heavy atom. The van der Waals surface area contributed by atoms with E-state index in [1.165, 1.54) is 38.9 Å². The van der Waals surface area contributed by atoms with E-state index in [9.17, 15) is 4.39 Å². The van der Waals surface area contributed by atoms with Gasteiger partial charge in [-0.15, -0.1) is 0 Å². The normalized spacial score (nSPS) is 18.4. The van der Waals surface area contributed by atoms with Gasteiger partial charge in [0.05, 0.1) is 0 Å². The molecule has 4 heteroatoms. The first kappa shape index (κ1) is 20.5. The van der Waals surface area contributed by atoms with E-state index >= 15 is 0 Å². The molecule has 1 saturated heterocycles. The van der Waals surface area contributed by atoms with Crippen molar-refractivity contribution in [3.8, 4) is 0 Å². The second kappa shape index (κ2) is 8.33. The van der Waals surface area contributed by atoms with Gasteiger partial charge in [-0.25, -0.2) is 4.39 Å². The van der Waals surface area contributed by atoms with E-state index in [0.29, 0.717) is 10.6 Å². The van der Waals surface area contributed by atoms with Crippen LogP contribution in [-0.4, -0.2) is 11.1 Å². The SMILES string of the molecule is Fc1cccc(Cl)c1C1NCCC1c1cn(Cc2ccc3ccccc3c2)c2ccccc12. The molecule has 2 unspecified atom stereocenters. The third kappa shape index (κ3) is 3.62. The lowest BCUT2D eigenvalue weighted by atomic mass is 9.87. The molecule has 6 rings (SSSR count). The molecule has 4 aromatic carbocycles. The average molecular weight is 455 g/mol. The molecule has 5 aromatic rings. The number of nitrogens with zero attached hydrogens (tertiary/aromatic N) is 1. The van der Waals surface area contributed by atoms with Gasteiger partial charge in [0.2, 0.25) is 0 Å². The second-order valence-electron chi connectivity index (χ2n) is 8.87. The third-order valence-corrected chi connectivity index (χ3v) is 7.25. The van der Waals surface area contributed by atoms with Crippen LogP contribution in [0.15, 0.2) is 91.1 Å². The Hall–Kier alpha value is -3.14. The lowest BCUT2D eigenvalue weighted by Gasteiger charge is -2.21. The number of aromatic nitrogens is 1. The van der Waals surface area contributed by atoms with Crippen LogP contribution in [0.1, 0.15) is 35.1 Å². The third-order valence-electron chi connectivity index (χ3n) is 6.92. The van der Waals surface area contributed by atoms with Crippen LogP contribution in [0.3, 0.4) is 0 Å². The molecule has 0 bridgehead atoms. The maximum absolute atomic E-state index is 14.8. The molecule has 0 saturated carbocycles. The van der Waals surface area contributed by atoms with Crippen LogP contribution in [-0.2, 0) is 6.54 Å². The molecule has 2 heterocycles. The zero-order valence-electron chi connectivity index (χ0n) is 18.1. The lowest BCUT2D eigenvalue weighted by molar-refractivity contribution is 0.527. The molecule has 2 atom stereocenters. The highest BCUT2D eigenvalue weighted by molar-refractivity contribution is 6.31. The van der Waals surface area contributed by atoms with E-state index in [1.54, 1.807) is 12.1 Å². The van der Waals surface area contributed by atoms with Gasteiger partial charge in [0, 0.05) is 46.2 Å². The molecule has 1 aromatic heterocycles. The Labute approximate surface area is 197 Å². The van der Waals surface area contributed by atoms with Gasteiger partial charge in [-0.1, -0.05) is 72.3 Å². The Bertz CT molecular complexity index is 1450. The van der Waals surface area contributed by atoms with Gasteiger partial charge in [-0.05, 0) is 59.1 Å². The molecule has 0 aliphatic carbocycles. The van der Waals surface area contributed by atoms with Gasteiger partial charge >= 0.3 is 0 Å². The maximum Gasteiger partial charge on any atom is 0.129 e. The summed E-state index contributed by atoms with van der Waals surface area (Å²) in [4.78, 5) is 0. The van der Waals surface area contributed by atoms with Crippen molar-refractivity contribution in [2.45, 2.75) is 24.9 Å². The summed E-state index contributed by atoms with van der Waals surface area (Å²) < 4.78 is 17.1. The number of nitrogens with one attached hydrogen (secondary N) is 1. The zero-order chi connectivity index (χ0) is 22.4. The quantitative estimate of drug-likeness (QED) is 0.298. The number of rotatable bonds is 4. The molecule has 33 heavy (non-hydrogen) atoms. The molecule has 2 nitrogen and oxygen atoms in total. The number of halogens is 2. The van der Waals surface area contributed by atoms with E-state index in [0.717, 1.165) is 19.5 Å². The number of benzene rings is 4. The minimum atomic E-state index is -0.244. The molecule has 0 radical (unpaired) electrons. The van der Waals surface area contributed by atoms with Crippen LogP contribution in [0.2, 0.25) is 5.02 Å². The summed E-state index contributed by atoms with van der Waals surface area (Å²) in [5.41, 5.74) is 4.29. The van der Waals surface area contributed by atoms with Crippen molar-refractivity contribution in [2.75, 3.05) is 6.54 Å². The predicted molar refractivity (Wildman–Crippen MR) is 134 cm³/mol. The van der Waals surface area contributed by atoms with Crippen molar-refractivity contribution < 1.29 is 4.39 Å². The van der Waals surface area contributed by atoms with E-state index in [-0.39, 0.29) is 17.8 Å². The van der Waals surface area contributed by atoms with Crippen molar-refractivity contribution >= 4 is 33.3 Å². The Balaban J connectivity index is 1.42. The molecular weight excluding hydrogens is 431 g/mol. The zero-order valence-corrected chi connectivity index (χ0v) is 18.9. The van der Waals surface area contributed by atoms with E-state index < -0.39 is 0 Å². The van der Waals surface area contributed by atoms with Gasteiger partial charge in [-0.3, -0.25) is 0 Å². The van der Waals surface area contributed by atoms with Crippen molar-refractivity contribution in [1.29, 1.82) is 0 Å². The first-order valence-corrected chi connectivity index (χ1v) is 11.8. The standard InChI is InChI=1S/C29H24ClFN2/c30-25-9-5-10-26(31)28(25)29-23(14-15-32-29)24-18-33(27-11-4-3-8-22(24)27)17-19-12-13-20-6-1-2-7-21(20)16-19/h1-13,16,18,23,29,32H,14-15,17H2. The molecule has 1 aliphatic rings. The Morgan fingerprint density at radius 2 is 1.73 bits per heavy atom. The van der Waals surface area contributed by atoms with Gasteiger partial charge in [0.25, 0.3) is 0 Å². The Morgan fingerprint density at radius 1 is 0.909 bits per heavy atom. The molecule has 164 valence electrons. The second-order valence-corrected chi connectivity index (χ2v) is 9.28. The predicted octanol–water partition coefficient (Wildman–Crippen LogP) is 7.45. The first-order valence-electron chi connectivity index (χ1n) is 11.4. The number of hydrogen-bond donors (Lipinski definition) is 1. The summed E-state index contributed by atoms with van der Waals surface area (Å²) in [5.74, 6) is -0.0889. The van der Waals surface area contributed by atoms with Crippen molar-refractivity contribution in [3.63, 3.8) is 0 Å². The summed E-state index contributed by atoms with van der Waals surface area (Å²) in [6.45, 7) is 1.63. The fourth-order valence-corrected chi connectivity index (χ4v) is 5.67. The Kier molecular flexibility index (Phi) is 5.17. The maximum atomic E-state index is 14.8. The highest BCUT2D eigenvalue weighted by atomic mass is 35.5.